The van der Waals surface area contributed by atoms with Gasteiger partial charge in [0.05, 0.1) is 11.9 Å². The zero-order chi connectivity index (χ0) is 13.0. The lowest BCUT2D eigenvalue weighted by molar-refractivity contribution is 0.226. The van der Waals surface area contributed by atoms with Crippen LogP contribution in [0.25, 0.3) is 0 Å². The predicted molar refractivity (Wildman–Crippen MR) is 78.8 cm³/mol. The first-order valence-corrected chi connectivity index (χ1v) is 6.74. The average molecular weight is 264 g/mol. The lowest BCUT2D eigenvalue weighted by Gasteiger charge is -2.29. The van der Waals surface area contributed by atoms with Crippen LogP contribution in [0.3, 0.4) is 0 Å². The van der Waals surface area contributed by atoms with Crippen molar-refractivity contribution in [2.45, 2.75) is 12.8 Å². The number of anilines is 1. The molecule has 1 aromatic heterocycles. The molecule has 1 fully saturated rings. The Morgan fingerprint density at radius 2 is 2.28 bits per heavy atom. The van der Waals surface area contributed by atoms with E-state index in [1.165, 1.54) is 25.9 Å². The van der Waals surface area contributed by atoms with Crippen LogP contribution >= 0.6 is 12.2 Å². The number of thiocarbonyl (C=S) groups is 1. The molecule has 0 aliphatic carbocycles. The van der Waals surface area contributed by atoms with Gasteiger partial charge in [-0.15, -0.1) is 0 Å². The Morgan fingerprint density at radius 3 is 2.94 bits per heavy atom. The molecule has 4 nitrogen and oxygen atoms in total. The van der Waals surface area contributed by atoms with Gasteiger partial charge in [-0.1, -0.05) is 12.2 Å². The van der Waals surface area contributed by atoms with Crippen LogP contribution in [0.2, 0.25) is 0 Å². The molecule has 0 saturated carbocycles. The number of rotatable bonds is 4. The van der Waals surface area contributed by atoms with Crippen LogP contribution in [0.4, 0.5) is 5.69 Å². The van der Waals surface area contributed by atoms with Crippen molar-refractivity contribution < 1.29 is 0 Å². The highest BCUT2D eigenvalue weighted by molar-refractivity contribution is 7.80. The number of nitrogens with two attached hydrogens (primary N) is 1. The van der Waals surface area contributed by atoms with Crippen LogP contribution in [-0.2, 0) is 0 Å². The lowest BCUT2D eigenvalue weighted by atomic mass is 9.97. The third kappa shape index (κ3) is 3.40. The molecule has 3 N–H and O–H groups in total. The number of likely N-dealkylation sites (tertiary alicyclic amines) is 1. The minimum absolute atomic E-state index is 0.420. The highest BCUT2D eigenvalue weighted by atomic mass is 32.1. The van der Waals surface area contributed by atoms with Gasteiger partial charge >= 0.3 is 0 Å². The quantitative estimate of drug-likeness (QED) is 0.807. The third-order valence-corrected chi connectivity index (χ3v) is 3.73. The number of nitrogens with zero attached hydrogens (tertiary/aromatic N) is 2. The molecule has 18 heavy (non-hydrogen) atoms. The van der Waals surface area contributed by atoms with Gasteiger partial charge in [-0.3, -0.25) is 4.98 Å². The summed E-state index contributed by atoms with van der Waals surface area (Å²) >= 11 is 5.04. The molecule has 0 spiro atoms. The van der Waals surface area contributed by atoms with E-state index in [0.29, 0.717) is 4.99 Å². The van der Waals surface area contributed by atoms with Crippen molar-refractivity contribution in [3.05, 3.63) is 24.0 Å². The topological polar surface area (TPSA) is 54.2 Å². The van der Waals surface area contributed by atoms with Gasteiger partial charge in [0.1, 0.15) is 4.99 Å². The summed E-state index contributed by atoms with van der Waals surface area (Å²) in [5.41, 5.74) is 7.53. The maximum absolute atomic E-state index is 5.70. The normalized spacial score (nSPS) is 17.6. The van der Waals surface area contributed by atoms with E-state index in [1.807, 2.05) is 6.07 Å². The number of hydrogen-bond donors (Lipinski definition) is 2. The summed E-state index contributed by atoms with van der Waals surface area (Å²) in [6.07, 6.45) is 6.00. The summed E-state index contributed by atoms with van der Waals surface area (Å²) < 4.78 is 0. The molecule has 0 amide bonds. The summed E-state index contributed by atoms with van der Waals surface area (Å²) in [7, 11) is 2.18. The number of hydrogen-bond acceptors (Lipinski definition) is 4. The zero-order valence-electron chi connectivity index (χ0n) is 10.7. The lowest BCUT2D eigenvalue weighted by Crippen LogP contribution is -2.33. The third-order valence-electron chi connectivity index (χ3n) is 3.51. The minimum Gasteiger partial charge on any atom is -0.389 e. The Labute approximate surface area is 114 Å². The first kappa shape index (κ1) is 13.2. The van der Waals surface area contributed by atoms with Gasteiger partial charge in [0.25, 0.3) is 0 Å². The first-order chi connectivity index (χ1) is 8.66. The second kappa shape index (κ2) is 6.11. The van der Waals surface area contributed by atoms with E-state index in [9.17, 15) is 0 Å². The summed E-state index contributed by atoms with van der Waals surface area (Å²) in [6, 6.07) is 1.86. The van der Waals surface area contributed by atoms with Crippen molar-refractivity contribution in [1.29, 1.82) is 0 Å². The summed E-state index contributed by atoms with van der Waals surface area (Å²) in [5, 5.41) is 3.43. The monoisotopic (exact) mass is 264 g/mol. The van der Waals surface area contributed by atoms with E-state index < -0.39 is 0 Å². The zero-order valence-corrected chi connectivity index (χ0v) is 11.5. The molecule has 0 atom stereocenters. The Morgan fingerprint density at radius 1 is 1.56 bits per heavy atom. The molecule has 98 valence electrons. The van der Waals surface area contributed by atoms with E-state index in [2.05, 4.69) is 22.2 Å². The van der Waals surface area contributed by atoms with Gasteiger partial charge in [-0.2, -0.15) is 0 Å². The van der Waals surface area contributed by atoms with Crippen molar-refractivity contribution >= 4 is 22.9 Å². The Bertz CT molecular complexity index is 413. The fourth-order valence-electron chi connectivity index (χ4n) is 2.27. The average Bonchev–Trinajstić information content (AvgIpc) is 2.38. The number of piperidine rings is 1. The number of pyridine rings is 1. The Balaban J connectivity index is 1.92. The molecule has 1 aliphatic rings. The Hall–Kier alpha value is -1.20. The summed E-state index contributed by atoms with van der Waals surface area (Å²) in [5.74, 6) is 0.723. The largest absolute Gasteiger partial charge is 0.389 e. The van der Waals surface area contributed by atoms with Gasteiger partial charge < -0.3 is 16.0 Å². The van der Waals surface area contributed by atoms with E-state index in [0.717, 1.165) is 23.7 Å². The molecule has 1 aromatic rings. The smallest absolute Gasteiger partial charge is 0.106 e. The molecule has 1 aliphatic heterocycles. The first-order valence-electron chi connectivity index (χ1n) is 6.33. The molecular formula is C13H20N4S. The van der Waals surface area contributed by atoms with E-state index in [4.69, 9.17) is 18.0 Å². The fourth-order valence-corrected chi connectivity index (χ4v) is 2.45. The molecule has 2 rings (SSSR count). The van der Waals surface area contributed by atoms with Crippen molar-refractivity contribution in [3.8, 4) is 0 Å². The van der Waals surface area contributed by atoms with E-state index in [-0.39, 0.29) is 0 Å². The highest BCUT2D eigenvalue weighted by Crippen LogP contribution is 2.18. The molecule has 0 radical (unpaired) electrons. The SMILES string of the molecule is CN1CCC(CNc2cnccc2C(N)=S)CC1. The van der Waals surface area contributed by atoms with Crippen LogP contribution in [-0.4, -0.2) is 41.6 Å². The van der Waals surface area contributed by atoms with E-state index >= 15 is 0 Å². The molecule has 0 unspecified atom stereocenters. The van der Waals surface area contributed by atoms with Crippen molar-refractivity contribution in [2.75, 3.05) is 32.0 Å². The van der Waals surface area contributed by atoms with E-state index in [1.54, 1.807) is 12.4 Å². The minimum atomic E-state index is 0.420. The summed E-state index contributed by atoms with van der Waals surface area (Å²) in [4.78, 5) is 6.91. The van der Waals surface area contributed by atoms with Crippen LogP contribution < -0.4 is 11.1 Å². The van der Waals surface area contributed by atoms with Gasteiger partial charge in [0.2, 0.25) is 0 Å². The molecule has 2 heterocycles. The molecule has 0 bridgehead atoms. The fraction of sp³-hybridized carbons (Fsp3) is 0.538. The van der Waals surface area contributed by atoms with Crippen LogP contribution in [0, 0.1) is 5.92 Å². The predicted octanol–water partition coefficient (Wildman–Crippen LogP) is 1.47. The highest BCUT2D eigenvalue weighted by Gasteiger charge is 2.16. The van der Waals surface area contributed by atoms with Crippen LogP contribution in [0.5, 0.6) is 0 Å². The standard InChI is InChI=1S/C13H20N4S/c1-17-6-3-10(4-7-17)8-16-12-9-15-5-2-11(12)13(14)18/h2,5,9-10,16H,3-4,6-8H2,1H3,(H2,14,18). The van der Waals surface area contributed by atoms with Gasteiger partial charge in [0, 0.05) is 18.3 Å². The summed E-state index contributed by atoms with van der Waals surface area (Å²) in [6.45, 7) is 3.33. The van der Waals surface area contributed by atoms with Gasteiger partial charge in [-0.25, -0.2) is 0 Å². The molecular weight excluding hydrogens is 244 g/mol. The Kier molecular flexibility index (Phi) is 4.49. The number of nitrogens with one attached hydrogen (secondary N) is 1. The number of aromatic nitrogens is 1. The van der Waals surface area contributed by atoms with Gasteiger partial charge in [0.15, 0.2) is 0 Å². The molecule has 5 heteroatoms. The van der Waals surface area contributed by atoms with Gasteiger partial charge in [-0.05, 0) is 45.0 Å². The van der Waals surface area contributed by atoms with Crippen molar-refractivity contribution in [3.63, 3.8) is 0 Å². The second-order valence-electron chi connectivity index (χ2n) is 4.91. The van der Waals surface area contributed by atoms with Crippen molar-refractivity contribution in [2.24, 2.45) is 11.7 Å². The van der Waals surface area contributed by atoms with Crippen LogP contribution in [0.1, 0.15) is 18.4 Å². The maximum Gasteiger partial charge on any atom is 0.106 e. The second-order valence-corrected chi connectivity index (χ2v) is 5.35. The molecule has 0 aromatic carbocycles. The molecule has 1 saturated heterocycles. The van der Waals surface area contributed by atoms with Crippen molar-refractivity contribution in [1.82, 2.24) is 9.88 Å². The van der Waals surface area contributed by atoms with Crippen LogP contribution in [0.15, 0.2) is 18.5 Å². The maximum atomic E-state index is 5.70.